The molecule has 1 heterocycles. The van der Waals surface area contributed by atoms with Crippen LogP contribution in [0.2, 0.25) is 0 Å². The molecule has 4 nitrogen and oxygen atoms in total. The van der Waals surface area contributed by atoms with Crippen molar-refractivity contribution in [3.05, 3.63) is 16.9 Å². The number of hydrogen-bond acceptors (Lipinski definition) is 3. The standard InChI is InChI=1S/C14H18N2O2S/c1-8-4-9(8)7-16-11-6-13(18-3)12(17-2)5-10(11)15-14(16)19/h5-6,8-9H,4,7H2,1-3H3,(H,15,19). The first-order valence-corrected chi connectivity index (χ1v) is 6.89. The highest BCUT2D eigenvalue weighted by Gasteiger charge is 2.33. The van der Waals surface area contributed by atoms with Crippen LogP contribution in [0.1, 0.15) is 13.3 Å². The highest BCUT2D eigenvalue weighted by molar-refractivity contribution is 7.71. The Morgan fingerprint density at radius 2 is 1.95 bits per heavy atom. The van der Waals surface area contributed by atoms with Gasteiger partial charge in [-0.15, -0.1) is 0 Å². The Morgan fingerprint density at radius 1 is 1.32 bits per heavy atom. The van der Waals surface area contributed by atoms with E-state index in [-0.39, 0.29) is 0 Å². The van der Waals surface area contributed by atoms with E-state index >= 15 is 0 Å². The zero-order chi connectivity index (χ0) is 13.6. The number of H-pyrrole nitrogens is 1. The molecule has 0 spiro atoms. The Hall–Kier alpha value is -1.49. The maximum absolute atomic E-state index is 5.42. The summed E-state index contributed by atoms with van der Waals surface area (Å²) < 4.78 is 13.6. The van der Waals surface area contributed by atoms with E-state index in [0.29, 0.717) is 0 Å². The van der Waals surface area contributed by atoms with E-state index < -0.39 is 0 Å². The van der Waals surface area contributed by atoms with Crippen molar-refractivity contribution >= 4 is 23.3 Å². The number of aromatic amines is 1. The van der Waals surface area contributed by atoms with Crippen molar-refractivity contribution in [3.63, 3.8) is 0 Å². The summed E-state index contributed by atoms with van der Waals surface area (Å²) in [6.45, 7) is 3.27. The summed E-state index contributed by atoms with van der Waals surface area (Å²) in [4.78, 5) is 3.24. The Balaban J connectivity index is 2.11. The van der Waals surface area contributed by atoms with Crippen LogP contribution in [0.5, 0.6) is 11.5 Å². The van der Waals surface area contributed by atoms with Gasteiger partial charge in [0.05, 0.1) is 25.3 Å². The van der Waals surface area contributed by atoms with Gasteiger partial charge in [0.2, 0.25) is 0 Å². The highest BCUT2D eigenvalue weighted by atomic mass is 32.1. The number of imidazole rings is 1. The molecule has 2 aromatic rings. The summed E-state index contributed by atoms with van der Waals surface area (Å²) >= 11 is 5.42. The molecular formula is C14H18N2O2S. The molecular weight excluding hydrogens is 260 g/mol. The molecule has 1 aromatic carbocycles. The van der Waals surface area contributed by atoms with Crippen molar-refractivity contribution in [2.45, 2.75) is 19.9 Å². The van der Waals surface area contributed by atoms with Gasteiger partial charge in [0.25, 0.3) is 0 Å². The maximum Gasteiger partial charge on any atom is 0.178 e. The van der Waals surface area contributed by atoms with Gasteiger partial charge in [-0.3, -0.25) is 0 Å². The van der Waals surface area contributed by atoms with Crippen LogP contribution in [0.25, 0.3) is 11.0 Å². The summed E-state index contributed by atoms with van der Waals surface area (Å²) in [7, 11) is 3.29. The van der Waals surface area contributed by atoms with Gasteiger partial charge in [0.15, 0.2) is 16.3 Å². The molecule has 1 fully saturated rings. The molecule has 0 bridgehead atoms. The molecule has 1 aromatic heterocycles. The molecule has 1 N–H and O–H groups in total. The van der Waals surface area contributed by atoms with Crippen LogP contribution >= 0.6 is 12.2 Å². The third-order valence-corrected chi connectivity index (χ3v) is 4.30. The smallest absolute Gasteiger partial charge is 0.178 e. The molecule has 2 atom stereocenters. The van der Waals surface area contributed by atoms with Gasteiger partial charge in [0, 0.05) is 18.7 Å². The second-order valence-corrected chi connectivity index (χ2v) is 5.62. The predicted molar refractivity (Wildman–Crippen MR) is 77.5 cm³/mol. The third kappa shape index (κ3) is 2.12. The van der Waals surface area contributed by atoms with Gasteiger partial charge < -0.3 is 19.0 Å². The number of rotatable bonds is 4. The fourth-order valence-corrected chi connectivity index (χ4v) is 2.84. The molecule has 3 rings (SSSR count). The fourth-order valence-electron chi connectivity index (χ4n) is 2.55. The fraction of sp³-hybridized carbons (Fsp3) is 0.500. The van der Waals surface area contributed by atoms with Crippen molar-refractivity contribution in [1.29, 1.82) is 0 Å². The molecule has 0 saturated heterocycles. The monoisotopic (exact) mass is 278 g/mol. The number of ether oxygens (including phenoxy) is 2. The van der Waals surface area contributed by atoms with E-state index in [0.717, 1.165) is 45.7 Å². The first kappa shape index (κ1) is 12.5. The first-order chi connectivity index (χ1) is 9.13. The van der Waals surface area contributed by atoms with E-state index in [1.165, 1.54) is 6.42 Å². The molecule has 0 aliphatic heterocycles. The van der Waals surface area contributed by atoms with Crippen LogP contribution in [0.4, 0.5) is 0 Å². The molecule has 2 unspecified atom stereocenters. The lowest BCUT2D eigenvalue weighted by Crippen LogP contribution is -2.01. The van der Waals surface area contributed by atoms with Crippen molar-refractivity contribution in [2.75, 3.05) is 14.2 Å². The molecule has 1 aliphatic carbocycles. The van der Waals surface area contributed by atoms with E-state index in [2.05, 4.69) is 16.5 Å². The zero-order valence-electron chi connectivity index (χ0n) is 11.4. The second-order valence-electron chi connectivity index (χ2n) is 5.24. The molecule has 0 amide bonds. The number of fused-ring (bicyclic) bond motifs is 1. The van der Waals surface area contributed by atoms with E-state index in [9.17, 15) is 0 Å². The Bertz CT molecular complexity index is 674. The molecule has 5 heteroatoms. The van der Waals surface area contributed by atoms with E-state index in [4.69, 9.17) is 21.7 Å². The highest BCUT2D eigenvalue weighted by Crippen LogP contribution is 2.40. The van der Waals surface area contributed by atoms with Crippen molar-refractivity contribution < 1.29 is 9.47 Å². The largest absolute Gasteiger partial charge is 0.493 e. The van der Waals surface area contributed by atoms with Crippen molar-refractivity contribution in [1.82, 2.24) is 9.55 Å². The minimum atomic E-state index is 0.721. The van der Waals surface area contributed by atoms with Crippen LogP contribution in [0.15, 0.2) is 12.1 Å². The lowest BCUT2D eigenvalue weighted by atomic mass is 10.2. The van der Waals surface area contributed by atoms with Crippen LogP contribution in [-0.4, -0.2) is 23.8 Å². The van der Waals surface area contributed by atoms with Crippen LogP contribution in [0, 0.1) is 16.6 Å². The number of nitrogens with zero attached hydrogens (tertiary/aromatic N) is 1. The zero-order valence-corrected chi connectivity index (χ0v) is 12.2. The molecule has 0 radical (unpaired) electrons. The van der Waals surface area contributed by atoms with Gasteiger partial charge in [-0.2, -0.15) is 0 Å². The summed E-state index contributed by atoms with van der Waals surface area (Å²) in [5.41, 5.74) is 2.08. The normalized spacial score (nSPS) is 21.6. The van der Waals surface area contributed by atoms with Crippen LogP contribution in [0.3, 0.4) is 0 Å². The lowest BCUT2D eigenvalue weighted by Gasteiger charge is -2.09. The summed E-state index contributed by atoms with van der Waals surface area (Å²) in [6.07, 6.45) is 1.29. The minimum absolute atomic E-state index is 0.721. The number of nitrogens with one attached hydrogen (secondary N) is 1. The number of benzene rings is 1. The number of aromatic nitrogens is 2. The summed E-state index contributed by atoms with van der Waals surface area (Å²) in [6, 6.07) is 3.93. The molecule has 19 heavy (non-hydrogen) atoms. The average Bonchev–Trinajstić information content (AvgIpc) is 3.02. The van der Waals surface area contributed by atoms with Crippen LogP contribution < -0.4 is 9.47 Å². The summed E-state index contributed by atoms with van der Waals surface area (Å²) in [5.74, 6) is 3.02. The molecule has 1 saturated carbocycles. The predicted octanol–water partition coefficient (Wildman–Crippen LogP) is 3.37. The Labute approximate surface area is 117 Å². The Kier molecular flexibility index (Phi) is 3.01. The van der Waals surface area contributed by atoms with Crippen molar-refractivity contribution in [3.8, 4) is 11.5 Å². The maximum atomic E-state index is 5.42. The summed E-state index contributed by atoms with van der Waals surface area (Å²) in [5, 5.41) is 0. The average molecular weight is 278 g/mol. The molecule has 1 aliphatic rings. The van der Waals surface area contributed by atoms with Gasteiger partial charge >= 0.3 is 0 Å². The number of methoxy groups -OCH3 is 2. The van der Waals surface area contributed by atoms with Gasteiger partial charge in [-0.25, -0.2) is 0 Å². The Morgan fingerprint density at radius 3 is 2.53 bits per heavy atom. The van der Waals surface area contributed by atoms with Gasteiger partial charge in [-0.1, -0.05) is 6.92 Å². The molecule has 102 valence electrons. The van der Waals surface area contributed by atoms with Crippen LogP contribution in [-0.2, 0) is 6.54 Å². The van der Waals surface area contributed by atoms with E-state index in [1.54, 1.807) is 14.2 Å². The quantitative estimate of drug-likeness (QED) is 0.872. The third-order valence-electron chi connectivity index (χ3n) is 3.97. The minimum Gasteiger partial charge on any atom is -0.493 e. The van der Waals surface area contributed by atoms with Gasteiger partial charge in [0.1, 0.15) is 0 Å². The SMILES string of the molecule is COc1cc2[nH]c(=S)n(CC3CC3C)c2cc1OC. The lowest BCUT2D eigenvalue weighted by molar-refractivity contribution is 0.355. The first-order valence-electron chi connectivity index (χ1n) is 6.48. The van der Waals surface area contributed by atoms with Crippen molar-refractivity contribution in [2.24, 2.45) is 11.8 Å². The van der Waals surface area contributed by atoms with E-state index in [1.807, 2.05) is 12.1 Å². The number of hydrogen-bond donors (Lipinski definition) is 1. The topological polar surface area (TPSA) is 39.2 Å². The van der Waals surface area contributed by atoms with Gasteiger partial charge in [-0.05, 0) is 30.5 Å². The second kappa shape index (κ2) is 4.56.